The molecule has 1 N–H and O–H groups in total. The summed E-state index contributed by atoms with van der Waals surface area (Å²) in [4.78, 5) is 2.04. The summed E-state index contributed by atoms with van der Waals surface area (Å²) < 4.78 is 15.9. The molecule has 108 valence electrons. The number of benzene rings is 1. The van der Waals surface area contributed by atoms with E-state index in [0.717, 1.165) is 22.3 Å². The van der Waals surface area contributed by atoms with Gasteiger partial charge in [-0.1, -0.05) is 12.1 Å². The van der Waals surface area contributed by atoms with Crippen LogP contribution in [0.4, 0.5) is 4.39 Å². The number of aliphatic hydroxyl groups is 1. The van der Waals surface area contributed by atoms with Crippen molar-refractivity contribution in [2.24, 2.45) is 7.05 Å². The predicted molar refractivity (Wildman–Crippen MR) is 80.8 cm³/mol. The largest absolute Gasteiger partial charge is 0.387 e. The van der Waals surface area contributed by atoms with E-state index in [0.29, 0.717) is 6.54 Å². The molecule has 1 atom stereocenters. The van der Waals surface area contributed by atoms with Gasteiger partial charge in [0, 0.05) is 36.5 Å². The van der Waals surface area contributed by atoms with Crippen LogP contribution in [0.2, 0.25) is 0 Å². The first-order valence-electron chi connectivity index (χ1n) is 6.38. The molecule has 1 unspecified atom stereocenters. The number of aromatic nitrogens is 1. The summed E-state index contributed by atoms with van der Waals surface area (Å²) >= 11 is 3.44. The van der Waals surface area contributed by atoms with Crippen LogP contribution < -0.4 is 0 Å². The van der Waals surface area contributed by atoms with Crippen molar-refractivity contribution in [2.75, 3.05) is 13.6 Å². The highest BCUT2D eigenvalue weighted by atomic mass is 79.9. The molecule has 0 aliphatic carbocycles. The van der Waals surface area contributed by atoms with Crippen molar-refractivity contribution in [3.63, 3.8) is 0 Å². The normalized spacial score (nSPS) is 12.9. The van der Waals surface area contributed by atoms with Gasteiger partial charge in [-0.05, 0) is 46.7 Å². The molecule has 0 saturated heterocycles. The van der Waals surface area contributed by atoms with Gasteiger partial charge in [0.15, 0.2) is 0 Å². The van der Waals surface area contributed by atoms with Crippen molar-refractivity contribution in [1.82, 2.24) is 9.47 Å². The number of aliphatic hydroxyl groups excluding tert-OH is 1. The van der Waals surface area contributed by atoms with Gasteiger partial charge in [-0.25, -0.2) is 4.39 Å². The molecule has 3 nitrogen and oxygen atoms in total. The minimum absolute atomic E-state index is 0.289. The Labute approximate surface area is 126 Å². The van der Waals surface area contributed by atoms with Gasteiger partial charge in [0.1, 0.15) is 5.82 Å². The molecule has 1 heterocycles. The molecular formula is C15H18BrFN2O. The third-order valence-electron chi connectivity index (χ3n) is 3.25. The molecule has 0 spiro atoms. The van der Waals surface area contributed by atoms with E-state index >= 15 is 0 Å². The van der Waals surface area contributed by atoms with Gasteiger partial charge in [-0.3, -0.25) is 4.90 Å². The fourth-order valence-electron chi connectivity index (χ4n) is 2.15. The monoisotopic (exact) mass is 340 g/mol. The molecule has 1 aromatic carbocycles. The van der Waals surface area contributed by atoms with E-state index in [-0.39, 0.29) is 5.82 Å². The van der Waals surface area contributed by atoms with Crippen molar-refractivity contribution >= 4 is 15.9 Å². The zero-order valence-corrected chi connectivity index (χ0v) is 13.1. The summed E-state index contributed by atoms with van der Waals surface area (Å²) in [5.74, 6) is -0.289. The lowest BCUT2D eigenvalue weighted by Crippen LogP contribution is -2.25. The van der Waals surface area contributed by atoms with Gasteiger partial charge < -0.3 is 9.67 Å². The van der Waals surface area contributed by atoms with Crippen molar-refractivity contribution in [3.8, 4) is 0 Å². The van der Waals surface area contributed by atoms with Crippen LogP contribution in [0.1, 0.15) is 17.4 Å². The number of likely N-dealkylation sites (N-methyl/N-ethyl adjacent to an activating group) is 1. The Bertz CT molecular complexity index is 568. The van der Waals surface area contributed by atoms with Crippen LogP contribution in [0, 0.1) is 5.82 Å². The molecule has 1 aromatic heterocycles. The maximum atomic E-state index is 12.8. The van der Waals surface area contributed by atoms with Crippen LogP contribution in [-0.2, 0) is 13.6 Å². The molecular weight excluding hydrogens is 323 g/mol. The second kappa shape index (κ2) is 6.52. The van der Waals surface area contributed by atoms with Crippen LogP contribution >= 0.6 is 15.9 Å². The maximum absolute atomic E-state index is 12.8. The Morgan fingerprint density at radius 2 is 2.00 bits per heavy atom. The van der Waals surface area contributed by atoms with Crippen molar-refractivity contribution < 1.29 is 9.50 Å². The lowest BCUT2D eigenvalue weighted by molar-refractivity contribution is 0.122. The Balaban J connectivity index is 1.95. The highest BCUT2D eigenvalue weighted by Gasteiger charge is 2.12. The molecule has 5 heteroatoms. The van der Waals surface area contributed by atoms with Crippen LogP contribution in [0.15, 0.2) is 41.0 Å². The summed E-state index contributed by atoms with van der Waals surface area (Å²) in [7, 11) is 3.94. The first-order chi connectivity index (χ1) is 9.45. The molecule has 0 radical (unpaired) electrons. The SMILES string of the molecule is CN(Cc1cc(Br)cn1C)CC(O)c1ccc(F)cc1. The minimum Gasteiger partial charge on any atom is -0.387 e. The second-order valence-electron chi connectivity index (χ2n) is 5.02. The summed E-state index contributed by atoms with van der Waals surface area (Å²) in [6.07, 6.45) is 1.38. The highest BCUT2D eigenvalue weighted by Crippen LogP contribution is 2.18. The highest BCUT2D eigenvalue weighted by molar-refractivity contribution is 9.10. The lowest BCUT2D eigenvalue weighted by atomic mass is 10.1. The third kappa shape index (κ3) is 3.91. The van der Waals surface area contributed by atoms with Crippen LogP contribution in [0.5, 0.6) is 0 Å². The van der Waals surface area contributed by atoms with Gasteiger partial charge in [0.2, 0.25) is 0 Å². The molecule has 2 rings (SSSR count). The molecule has 20 heavy (non-hydrogen) atoms. The van der Waals surface area contributed by atoms with Gasteiger partial charge in [-0.15, -0.1) is 0 Å². The summed E-state index contributed by atoms with van der Waals surface area (Å²) in [6, 6.07) is 8.03. The molecule has 0 aliphatic heterocycles. The standard InChI is InChI=1S/C15H18BrFN2O/c1-18(9-14-7-12(16)8-19(14)2)10-15(20)11-3-5-13(17)6-4-11/h3-8,15,20H,9-10H2,1-2H3. The average molecular weight is 341 g/mol. The Morgan fingerprint density at radius 1 is 1.35 bits per heavy atom. The summed E-state index contributed by atoms with van der Waals surface area (Å²) in [6.45, 7) is 1.23. The quantitative estimate of drug-likeness (QED) is 0.905. The van der Waals surface area contributed by atoms with E-state index in [1.807, 2.05) is 29.8 Å². The van der Waals surface area contributed by atoms with Crippen LogP contribution in [0.25, 0.3) is 0 Å². The number of aryl methyl sites for hydroxylation is 1. The number of hydrogen-bond donors (Lipinski definition) is 1. The van der Waals surface area contributed by atoms with Crippen LogP contribution in [-0.4, -0.2) is 28.2 Å². The van der Waals surface area contributed by atoms with Crippen molar-refractivity contribution in [1.29, 1.82) is 0 Å². The molecule has 0 saturated carbocycles. The second-order valence-corrected chi connectivity index (χ2v) is 5.94. The van der Waals surface area contributed by atoms with Gasteiger partial charge >= 0.3 is 0 Å². The average Bonchev–Trinajstić information content (AvgIpc) is 2.68. The smallest absolute Gasteiger partial charge is 0.123 e. The van der Waals surface area contributed by atoms with Crippen molar-refractivity contribution in [2.45, 2.75) is 12.6 Å². The van der Waals surface area contributed by atoms with Gasteiger partial charge in [-0.2, -0.15) is 0 Å². The first-order valence-corrected chi connectivity index (χ1v) is 7.18. The minimum atomic E-state index is -0.621. The predicted octanol–water partition coefficient (Wildman–Crippen LogP) is 3.09. The zero-order chi connectivity index (χ0) is 14.7. The lowest BCUT2D eigenvalue weighted by Gasteiger charge is -2.21. The summed E-state index contributed by atoms with van der Waals surface area (Å²) in [5.41, 5.74) is 1.89. The number of hydrogen-bond acceptors (Lipinski definition) is 2. The van der Waals surface area contributed by atoms with Crippen molar-refractivity contribution in [3.05, 3.63) is 58.1 Å². The number of rotatable bonds is 5. The third-order valence-corrected chi connectivity index (χ3v) is 3.68. The Hall–Kier alpha value is -1.17. The molecule has 0 amide bonds. The van der Waals surface area contributed by atoms with E-state index in [4.69, 9.17) is 0 Å². The number of nitrogens with zero attached hydrogens (tertiary/aromatic N) is 2. The topological polar surface area (TPSA) is 28.4 Å². The molecule has 2 aromatic rings. The van der Waals surface area contributed by atoms with E-state index in [1.165, 1.54) is 12.1 Å². The van der Waals surface area contributed by atoms with E-state index < -0.39 is 6.10 Å². The van der Waals surface area contributed by atoms with E-state index in [2.05, 4.69) is 22.0 Å². The molecule has 0 fully saturated rings. The van der Waals surface area contributed by atoms with E-state index in [1.54, 1.807) is 12.1 Å². The zero-order valence-electron chi connectivity index (χ0n) is 11.6. The molecule has 0 bridgehead atoms. The molecule has 0 aliphatic rings. The Morgan fingerprint density at radius 3 is 2.55 bits per heavy atom. The fraction of sp³-hybridized carbons (Fsp3) is 0.333. The number of halogens is 2. The van der Waals surface area contributed by atoms with Gasteiger partial charge in [0.05, 0.1) is 6.10 Å². The van der Waals surface area contributed by atoms with Gasteiger partial charge in [0.25, 0.3) is 0 Å². The van der Waals surface area contributed by atoms with E-state index in [9.17, 15) is 9.50 Å². The fourth-order valence-corrected chi connectivity index (χ4v) is 2.72. The summed E-state index contributed by atoms with van der Waals surface area (Å²) in [5, 5.41) is 10.2. The van der Waals surface area contributed by atoms with Crippen LogP contribution in [0.3, 0.4) is 0 Å². The Kier molecular flexibility index (Phi) is 4.96. The maximum Gasteiger partial charge on any atom is 0.123 e. The first kappa shape index (κ1) is 15.2.